The molecule has 0 radical (unpaired) electrons. The Kier molecular flexibility index (Phi) is 2.92. The summed E-state index contributed by atoms with van der Waals surface area (Å²) < 4.78 is 5.24. The predicted molar refractivity (Wildman–Crippen MR) is 91.7 cm³/mol. The Morgan fingerprint density at radius 1 is 1.24 bits per heavy atom. The van der Waals surface area contributed by atoms with E-state index in [1.165, 1.54) is 0 Å². The second kappa shape index (κ2) is 5.05. The molecular formula is C19H17N3O3. The highest BCUT2D eigenvalue weighted by Crippen LogP contribution is 2.58. The molecule has 2 heterocycles. The molecule has 126 valence electrons. The normalized spacial score (nSPS) is 19.7. The molecule has 2 fully saturated rings. The number of rotatable bonds is 3. The highest BCUT2D eigenvalue weighted by atomic mass is 16.6. The number of ether oxygens (including phenoxy) is 1. The zero-order chi connectivity index (χ0) is 17.0. The summed E-state index contributed by atoms with van der Waals surface area (Å²) in [6, 6.07) is 11.1. The average molecular weight is 335 g/mol. The number of carbonyl (C=O) groups is 2. The van der Waals surface area contributed by atoms with Crippen LogP contribution >= 0.6 is 0 Å². The van der Waals surface area contributed by atoms with Crippen LogP contribution in [0.1, 0.15) is 31.2 Å². The van der Waals surface area contributed by atoms with Gasteiger partial charge in [-0.25, -0.2) is 9.78 Å². The van der Waals surface area contributed by atoms with Gasteiger partial charge in [0.2, 0.25) is 5.91 Å². The molecule has 1 spiro atoms. The molecule has 0 bridgehead atoms. The van der Waals surface area contributed by atoms with E-state index in [1.54, 1.807) is 30.5 Å². The third-order valence-corrected chi connectivity index (χ3v) is 5.10. The molecule has 3 aliphatic rings. The van der Waals surface area contributed by atoms with Crippen LogP contribution in [0.5, 0.6) is 5.75 Å². The van der Waals surface area contributed by atoms with Crippen LogP contribution in [0.3, 0.4) is 0 Å². The van der Waals surface area contributed by atoms with Crippen molar-refractivity contribution in [1.29, 1.82) is 0 Å². The number of carbonyl (C=O) groups excluding carboxylic acids is 2. The summed E-state index contributed by atoms with van der Waals surface area (Å²) in [4.78, 5) is 31.2. The number of anilines is 2. The summed E-state index contributed by atoms with van der Waals surface area (Å²) in [7, 11) is 0. The van der Waals surface area contributed by atoms with Gasteiger partial charge in [0.25, 0.3) is 0 Å². The topological polar surface area (TPSA) is 71.5 Å². The first kappa shape index (κ1) is 14.5. The molecular weight excluding hydrogens is 318 g/mol. The summed E-state index contributed by atoms with van der Waals surface area (Å²) in [6.07, 6.45) is 4.85. The quantitative estimate of drug-likeness (QED) is 0.935. The molecule has 1 aromatic heterocycles. The van der Waals surface area contributed by atoms with Crippen LogP contribution in [0.2, 0.25) is 0 Å². The van der Waals surface area contributed by atoms with Crippen LogP contribution in [-0.2, 0) is 10.2 Å². The first-order valence-electron chi connectivity index (χ1n) is 8.55. The molecule has 1 aromatic carbocycles. The van der Waals surface area contributed by atoms with Crippen molar-refractivity contribution in [1.82, 2.24) is 4.98 Å². The molecule has 2 aliphatic carbocycles. The third kappa shape index (κ3) is 2.28. The van der Waals surface area contributed by atoms with Gasteiger partial charge in [0.1, 0.15) is 11.6 Å². The fraction of sp³-hybridized carbons (Fsp3) is 0.316. The number of pyridine rings is 1. The summed E-state index contributed by atoms with van der Waals surface area (Å²) in [5.41, 5.74) is 1.10. The smallest absolute Gasteiger partial charge is 0.410 e. The number of hydrogen-bond acceptors (Lipinski definition) is 4. The Morgan fingerprint density at radius 3 is 2.68 bits per heavy atom. The van der Waals surface area contributed by atoms with Gasteiger partial charge in [0.05, 0.1) is 17.3 Å². The lowest BCUT2D eigenvalue weighted by Crippen LogP contribution is -2.34. The third-order valence-electron chi connectivity index (χ3n) is 5.10. The van der Waals surface area contributed by atoms with Crippen molar-refractivity contribution < 1.29 is 14.3 Å². The zero-order valence-electron chi connectivity index (χ0n) is 13.6. The van der Waals surface area contributed by atoms with E-state index in [0.29, 0.717) is 17.5 Å². The number of benzene rings is 1. The second-order valence-corrected chi connectivity index (χ2v) is 6.91. The molecule has 0 saturated heterocycles. The van der Waals surface area contributed by atoms with Crippen LogP contribution < -0.4 is 15.0 Å². The highest BCUT2D eigenvalue weighted by Gasteiger charge is 2.62. The molecule has 25 heavy (non-hydrogen) atoms. The van der Waals surface area contributed by atoms with Crippen LogP contribution in [0.25, 0.3) is 0 Å². The van der Waals surface area contributed by atoms with E-state index in [9.17, 15) is 9.59 Å². The molecule has 5 rings (SSSR count). The lowest BCUT2D eigenvalue weighted by atomic mass is 9.99. The van der Waals surface area contributed by atoms with Gasteiger partial charge in [-0.1, -0.05) is 18.2 Å². The van der Waals surface area contributed by atoms with Crippen molar-refractivity contribution in [2.75, 3.05) is 10.2 Å². The average Bonchev–Trinajstić information content (AvgIpc) is 3.51. The Balaban J connectivity index is 1.39. The van der Waals surface area contributed by atoms with Gasteiger partial charge in [-0.3, -0.25) is 15.0 Å². The first-order valence-corrected chi connectivity index (χ1v) is 8.55. The van der Waals surface area contributed by atoms with E-state index in [0.717, 1.165) is 37.1 Å². The van der Waals surface area contributed by atoms with Crippen molar-refractivity contribution in [3.63, 3.8) is 0 Å². The molecule has 2 saturated carbocycles. The van der Waals surface area contributed by atoms with Gasteiger partial charge in [-0.05, 0) is 43.9 Å². The van der Waals surface area contributed by atoms with Gasteiger partial charge in [-0.15, -0.1) is 0 Å². The summed E-state index contributed by atoms with van der Waals surface area (Å²) >= 11 is 0. The van der Waals surface area contributed by atoms with Gasteiger partial charge in [0, 0.05) is 11.6 Å². The lowest BCUT2D eigenvalue weighted by molar-refractivity contribution is -0.120. The van der Waals surface area contributed by atoms with Crippen molar-refractivity contribution in [3.8, 4) is 5.75 Å². The Labute approximate surface area is 144 Å². The standard InChI is InChI=1S/C19H17N3O3/c23-17-19(8-9-19)15-10-12(11-20-16(15)22(17)13-6-7-13)21-18(24)25-14-4-2-1-3-5-14/h1-5,10-11,13H,6-9H2,(H,21,24). The van der Waals surface area contributed by atoms with Gasteiger partial charge in [-0.2, -0.15) is 0 Å². The van der Waals surface area contributed by atoms with Crippen LogP contribution in [0, 0.1) is 0 Å². The minimum absolute atomic E-state index is 0.182. The second-order valence-electron chi connectivity index (χ2n) is 6.91. The van der Waals surface area contributed by atoms with Crippen molar-refractivity contribution in [2.45, 2.75) is 37.1 Å². The molecule has 0 atom stereocenters. The fourth-order valence-electron chi connectivity index (χ4n) is 3.53. The van der Waals surface area contributed by atoms with Crippen LogP contribution in [-0.4, -0.2) is 23.0 Å². The molecule has 2 amide bonds. The van der Waals surface area contributed by atoms with Crippen molar-refractivity contribution >= 4 is 23.5 Å². The van der Waals surface area contributed by atoms with Crippen molar-refractivity contribution in [3.05, 3.63) is 48.2 Å². The summed E-state index contributed by atoms with van der Waals surface area (Å²) in [5, 5.41) is 2.71. The number of aromatic nitrogens is 1. The number of fused-ring (bicyclic) bond motifs is 2. The van der Waals surface area contributed by atoms with E-state index in [1.807, 2.05) is 17.0 Å². The van der Waals surface area contributed by atoms with E-state index in [-0.39, 0.29) is 5.91 Å². The largest absolute Gasteiger partial charge is 0.417 e. The maximum atomic E-state index is 12.8. The van der Waals surface area contributed by atoms with Crippen LogP contribution in [0.4, 0.5) is 16.3 Å². The zero-order valence-corrected chi connectivity index (χ0v) is 13.6. The molecule has 2 aromatic rings. The fourth-order valence-corrected chi connectivity index (χ4v) is 3.53. The lowest BCUT2D eigenvalue weighted by Gasteiger charge is -2.15. The Morgan fingerprint density at radius 2 is 2.00 bits per heavy atom. The van der Waals surface area contributed by atoms with E-state index in [4.69, 9.17) is 4.74 Å². The maximum Gasteiger partial charge on any atom is 0.417 e. The number of nitrogens with zero attached hydrogens (tertiary/aromatic N) is 2. The Bertz CT molecular complexity index is 873. The van der Waals surface area contributed by atoms with Crippen molar-refractivity contribution in [2.24, 2.45) is 0 Å². The highest BCUT2D eigenvalue weighted by molar-refractivity contribution is 6.10. The van der Waals surface area contributed by atoms with Gasteiger partial charge < -0.3 is 4.74 Å². The number of para-hydroxylation sites is 1. The molecule has 6 heteroatoms. The van der Waals surface area contributed by atoms with E-state index >= 15 is 0 Å². The predicted octanol–water partition coefficient (Wildman–Crippen LogP) is 3.23. The van der Waals surface area contributed by atoms with Gasteiger partial charge >= 0.3 is 6.09 Å². The number of nitrogens with one attached hydrogen (secondary N) is 1. The van der Waals surface area contributed by atoms with E-state index < -0.39 is 11.5 Å². The van der Waals surface area contributed by atoms with Gasteiger partial charge in [0.15, 0.2) is 0 Å². The SMILES string of the molecule is O=C(Nc1cnc2c(c1)C1(CC1)C(=O)N2C1CC1)Oc1ccccc1. The number of amides is 2. The molecule has 1 N–H and O–H groups in total. The molecule has 1 aliphatic heterocycles. The van der Waals surface area contributed by atoms with Crippen LogP contribution in [0.15, 0.2) is 42.6 Å². The molecule has 6 nitrogen and oxygen atoms in total. The summed E-state index contributed by atoms with van der Waals surface area (Å²) in [6.45, 7) is 0. The summed E-state index contributed by atoms with van der Waals surface area (Å²) in [5.74, 6) is 1.43. The first-order chi connectivity index (χ1) is 12.2. The number of hydrogen-bond donors (Lipinski definition) is 1. The Hall–Kier alpha value is -2.89. The minimum Gasteiger partial charge on any atom is -0.410 e. The minimum atomic E-state index is -0.568. The molecule has 0 unspecified atom stereocenters. The van der Waals surface area contributed by atoms with E-state index in [2.05, 4.69) is 10.3 Å². The monoisotopic (exact) mass is 335 g/mol. The maximum absolute atomic E-state index is 12.8.